The van der Waals surface area contributed by atoms with Crippen molar-refractivity contribution < 1.29 is 4.42 Å². The summed E-state index contributed by atoms with van der Waals surface area (Å²) in [5, 5.41) is 1.76. The molecule has 0 spiro atoms. The monoisotopic (exact) mass is 272 g/mol. The first-order valence-corrected chi connectivity index (χ1v) is 6.36. The van der Waals surface area contributed by atoms with Crippen LogP contribution in [0.5, 0.6) is 0 Å². The van der Waals surface area contributed by atoms with Crippen molar-refractivity contribution in [2.45, 2.75) is 6.04 Å². The fourth-order valence-electron chi connectivity index (χ4n) is 2.14. The van der Waals surface area contributed by atoms with Gasteiger partial charge in [0.15, 0.2) is 0 Å². The van der Waals surface area contributed by atoms with Gasteiger partial charge in [-0.05, 0) is 29.8 Å². The Balaban J connectivity index is 2.04. The second kappa shape index (κ2) is 5.05. The van der Waals surface area contributed by atoms with E-state index in [2.05, 4.69) is 5.43 Å². The number of rotatable bonds is 3. The third kappa shape index (κ3) is 2.36. The molecule has 0 fully saturated rings. The molecule has 0 amide bonds. The summed E-state index contributed by atoms with van der Waals surface area (Å²) < 4.78 is 5.83. The van der Waals surface area contributed by atoms with Gasteiger partial charge in [0.1, 0.15) is 17.4 Å². The molecule has 96 valence electrons. The summed E-state index contributed by atoms with van der Waals surface area (Å²) in [7, 11) is 0. The van der Waals surface area contributed by atoms with Crippen molar-refractivity contribution in [1.82, 2.24) is 5.43 Å². The van der Waals surface area contributed by atoms with E-state index < -0.39 is 0 Å². The van der Waals surface area contributed by atoms with Gasteiger partial charge in [-0.1, -0.05) is 41.9 Å². The van der Waals surface area contributed by atoms with Crippen LogP contribution in [0.25, 0.3) is 11.0 Å². The van der Waals surface area contributed by atoms with Crippen molar-refractivity contribution in [3.05, 3.63) is 70.9 Å². The van der Waals surface area contributed by atoms with Crippen molar-refractivity contribution in [3.8, 4) is 0 Å². The van der Waals surface area contributed by atoms with Crippen molar-refractivity contribution in [2.75, 3.05) is 0 Å². The molecule has 0 radical (unpaired) electrons. The second-order valence-electron chi connectivity index (χ2n) is 4.34. The minimum atomic E-state index is -0.190. The van der Waals surface area contributed by atoms with Gasteiger partial charge >= 0.3 is 0 Å². The van der Waals surface area contributed by atoms with Crippen LogP contribution in [0.4, 0.5) is 0 Å². The molecule has 1 aromatic heterocycles. The topological polar surface area (TPSA) is 51.2 Å². The molecule has 3 nitrogen and oxygen atoms in total. The Labute approximate surface area is 115 Å². The summed E-state index contributed by atoms with van der Waals surface area (Å²) in [6.45, 7) is 0. The van der Waals surface area contributed by atoms with Crippen LogP contribution in [0.2, 0.25) is 5.02 Å². The van der Waals surface area contributed by atoms with E-state index in [0.29, 0.717) is 5.02 Å². The largest absolute Gasteiger partial charge is 0.459 e. The van der Waals surface area contributed by atoms with Gasteiger partial charge in [-0.15, -0.1) is 0 Å². The summed E-state index contributed by atoms with van der Waals surface area (Å²) in [5.74, 6) is 6.44. The lowest BCUT2D eigenvalue weighted by Crippen LogP contribution is -2.28. The van der Waals surface area contributed by atoms with Crippen LogP contribution < -0.4 is 11.3 Å². The number of halogens is 1. The number of fused-ring (bicyclic) bond motifs is 1. The maximum atomic E-state index is 5.89. The molecule has 3 N–H and O–H groups in total. The molecule has 0 aliphatic carbocycles. The van der Waals surface area contributed by atoms with E-state index >= 15 is 0 Å². The molecule has 4 heteroatoms. The Bertz CT molecular complexity index is 658. The third-order valence-electron chi connectivity index (χ3n) is 3.10. The number of furan rings is 1. The van der Waals surface area contributed by atoms with Crippen molar-refractivity contribution in [1.29, 1.82) is 0 Å². The summed E-state index contributed by atoms with van der Waals surface area (Å²) in [6.07, 6.45) is 0. The molecule has 3 rings (SSSR count). The lowest BCUT2D eigenvalue weighted by atomic mass is 10.1. The quantitative estimate of drug-likeness (QED) is 0.565. The smallest absolute Gasteiger partial charge is 0.134 e. The normalized spacial score (nSPS) is 12.7. The number of benzene rings is 2. The highest BCUT2D eigenvalue weighted by atomic mass is 35.5. The molecule has 1 atom stereocenters. The van der Waals surface area contributed by atoms with Crippen LogP contribution >= 0.6 is 11.6 Å². The van der Waals surface area contributed by atoms with Crippen LogP contribution in [0, 0.1) is 0 Å². The van der Waals surface area contributed by atoms with Crippen molar-refractivity contribution in [2.24, 2.45) is 5.84 Å². The minimum absolute atomic E-state index is 0.190. The Kier molecular flexibility index (Phi) is 3.25. The van der Waals surface area contributed by atoms with Crippen LogP contribution in [0.3, 0.4) is 0 Å². The van der Waals surface area contributed by atoms with Gasteiger partial charge in [-0.25, -0.2) is 5.43 Å². The maximum absolute atomic E-state index is 5.89. The summed E-state index contributed by atoms with van der Waals surface area (Å²) in [4.78, 5) is 0. The lowest BCUT2D eigenvalue weighted by Gasteiger charge is -2.13. The van der Waals surface area contributed by atoms with Gasteiger partial charge in [0, 0.05) is 10.4 Å². The Morgan fingerprint density at radius 3 is 2.47 bits per heavy atom. The number of hydrazine groups is 1. The summed E-state index contributed by atoms with van der Waals surface area (Å²) >= 11 is 5.89. The molecule has 0 bridgehead atoms. The van der Waals surface area contributed by atoms with E-state index in [1.54, 1.807) is 0 Å². The zero-order valence-electron chi connectivity index (χ0n) is 10.1. The molecular weight excluding hydrogens is 260 g/mol. The Hall–Kier alpha value is -1.81. The molecule has 0 saturated carbocycles. The molecule has 2 aromatic carbocycles. The number of nitrogens with two attached hydrogens (primary N) is 1. The van der Waals surface area contributed by atoms with Gasteiger partial charge in [0.05, 0.1) is 0 Å². The number of hydrogen-bond acceptors (Lipinski definition) is 3. The van der Waals surface area contributed by atoms with Crippen molar-refractivity contribution >= 4 is 22.6 Å². The van der Waals surface area contributed by atoms with Crippen LogP contribution in [-0.2, 0) is 0 Å². The molecular formula is C15H13ClN2O. The van der Waals surface area contributed by atoms with E-state index in [9.17, 15) is 0 Å². The van der Waals surface area contributed by atoms with Crippen LogP contribution in [-0.4, -0.2) is 0 Å². The molecule has 0 aliphatic rings. The van der Waals surface area contributed by atoms with Gasteiger partial charge < -0.3 is 4.42 Å². The first-order valence-electron chi connectivity index (χ1n) is 5.98. The van der Waals surface area contributed by atoms with E-state index in [0.717, 1.165) is 22.3 Å². The third-order valence-corrected chi connectivity index (χ3v) is 3.35. The zero-order chi connectivity index (χ0) is 13.2. The summed E-state index contributed by atoms with van der Waals surface area (Å²) in [5.41, 5.74) is 4.64. The highest BCUT2D eigenvalue weighted by Crippen LogP contribution is 2.28. The molecule has 3 aromatic rings. The van der Waals surface area contributed by atoms with E-state index in [-0.39, 0.29) is 6.04 Å². The SMILES string of the molecule is NN[C@H](c1ccc(Cl)cc1)c1cc2ccccc2o1. The zero-order valence-corrected chi connectivity index (χ0v) is 10.9. The maximum Gasteiger partial charge on any atom is 0.134 e. The highest BCUT2D eigenvalue weighted by molar-refractivity contribution is 6.30. The van der Waals surface area contributed by atoms with Gasteiger partial charge in [-0.2, -0.15) is 0 Å². The van der Waals surface area contributed by atoms with E-state index in [1.807, 2.05) is 54.6 Å². The van der Waals surface area contributed by atoms with Gasteiger partial charge in [0.2, 0.25) is 0 Å². The van der Waals surface area contributed by atoms with Gasteiger partial charge in [-0.3, -0.25) is 5.84 Å². The van der Waals surface area contributed by atoms with Crippen LogP contribution in [0.1, 0.15) is 17.4 Å². The molecule has 0 aliphatic heterocycles. The number of hydrogen-bond donors (Lipinski definition) is 2. The fourth-order valence-corrected chi connectivity index (χ4v) is 2.27. The molecule has 0 unspecified atom stereocenters. The first-order chi connectivity index (χ1) is 9.28. The Morgan fingerprint density at radius 1 is 1.05 bits per heavy atom. The lowest BCUT2D eigenvalue weighted by molar-refractivity contribution is 0.477. The predicted octanol–water partition coefficient (Wildman–Crippen LogP) is 3.64. The molecule has 19 heavy (non-hydrogen) atoms. The molecule has 0 saturated heterocycles. The standard InChI is InChI=1S/C15H13ClN2O/c16-12-7-5-10(6-8-12)15(18-17)14-9-11-3-1-2-4-13(11)19-14/h1-9,15,18H,17H2/t15-/m1/s1. The average Bonchev–Trinajstić information content (AvgIpc) is 2.85. The van der Waals surface area contributed by atoms with Gasteiger partial charge in [0.25, 0.3) is 0 Å². The van der Waals surface area contributed by atoms with Crippen LogP contribution in [0.15, 0.2) is 59.0 Å². The minimum Gasteiger partial charge on any atom is -0.459 e. The Morgan fingerprint density at radius 2 is 1.79 bits per heavy atom. The van der Waals surface area contributed by atoms with Crippen molar-refractivity contribution in [3.63, 3.8) is 0 Å². The predicted molar refractivity (Wildman–Crippen MR) is 76.8 cm³/mol. The molecule has 1 heterocycles. The summed E-state index contributed by atoms with van der Waals surface area (Å²) in [6, 6.07) is 17.2. The van der Waals surface area contributed by atoms with E-state index in [4.69, 9.17) is 21.9 Å². The number of para-hydroxylation sites is 1. The average molecular weight is 273 g/mol. The highest BCUT2D eigenvalue weighted by Gasteiger charge is 2.16. The fraction of sp³-hybridized carbons (Fsp3) is 0.0667. The second-order valence-corrected chi connectivity index (χ2v) is 4.77. The first kappa shape index (κ1) is 12.2. The number of nitrogens with one attached hydrogen (secondary N) is 1. The van der Waals surface area contributed by atoms with E-state index in [1.165, 1.54) is 0 Å².